The van der Waals surface area contributed by atoms with Gasteiger partial charge in [0.15, 0.2) is 11.7 Å². The molecule has 1 fully saturated rings. The van der Waals surface area contributed by atoms with Crippen molar-refractivity contribution in [2.75, 3.05) is 12.3 Å². The SMILES string of the molecule is Cn1nc(C2CCCN2Cc2coc(C(C)(C)C)n2)nc1N. The Labute approximate surface area is 130 Å². The van der Waals surface area contributed by atoms with E-state index in [0.29, 0.717) is 5.95 Å². The summed E-state index contributed by atoms with van der Waals surface area (Å²) in [5, 5.41) is 4.42. The van der Waals surface area contributed by atoms with Crippen LogP contribution in [0.3, 0.4) is 0 Å². The Morgan fingerprint density at radius 3 is 2.73 bits per heavy atom. The van der Waals surface area contributed by atoms with Crippen molar-refractivity contribution in [1.29, 1.82) is 0 Å². The topological polar surface area (TPSA) is 86.0 Å². The highest BCUT2D eigenvalue weighted by Gasteiger charge is 2.30. The van der Waals surface area contributed by atoms with Crippen LogP contribution >= 0.6 is 0 Å². The van der Waals surface area contributed by atoms with E-state index in [1.165, 1.54) is 0 Å². The molecular formula is C15H24N6O. The van der Waals surface area contributed by atoms with Crippen LogP contribution in [0.25, 0.3) is 0 Å². The smallest absolute Gasteiger partial charge is 0.218 e. The van der Waals surface area contributed by atoms with Gasteiger partial charge in [0, 0.05) is 19.0 Å². The fourth-order valence-corrected chi connectivity index (χ4v) is 2.80. The second-order valence-electron chi connectivity index (χ2n) is 6.97. The summed E-state index contributed by atoms with van der Waals surface area (Å²) in [4.78, 5) is 11.3. The molecule has 0 radical (unpaired) electrons. The molecule has 1 aliphatic rings. The summed E-state index contributed by atoms with van der Waals surface area (Å²) in [6, 6.07) is 0.207. The zero-order chi connectivity index (χ0) is 15.9. The Bertz CT molecular complexity index is 634. The fraction of sp³-hybridized carbons (Fsp3) is 0.667. The lowest BCUT2D eigenvalue weighted by molar-refractivity contribution is 0.236. The lowest BCUT2D eigenvalue weighted by Gasteiger charge is -2.20. The Morgan fingerprint density at radius 1 is 1.36 bits per heavy atom. The first-order chi connectivity index (χ1) is 10.3. The number of likely N-dealkylation sites (tertiary alicyclic amines) is 1. The van der Waals surface area contributed by atoms with Gasteiger partial charge in [-0.05, 0) is 19.4 Å². The largest absolute Gasteiger partial charge is 0.448 e. The second-order valence-corrected chi connectivity index (χ2v) is 6.97. The Morgan fingerprint density at radius 2 is 2.14 bits per heavy atom. The molecule has 7 heteroatoms. The highest BCUT2D eigenvalue weighted by molar-refractivity contribution is 5.17. The number of oxazole rings is 1. The van der Waals surface area contributed by atoms with Gasteiger partial charge in [0.1, 0.15) is 6.26 Å². The molecule has 0 spiro atoms. The molecule has 120 valence electrons. The molecule has 3 heterocycles. The van der Waals surface area contributed by atoms with Crippen LogP contribution in [0.1, 0.15) is 57.1 Å². The van der Waals surface area contributed by atoms with E-state index in [1.807, 2.05) is 7.05 Å². The summed E-state index contributed by atoms with van der Waals surface area (Å²) in [5.74, 6) is 2.04. The maximum atomic E-state index is 5.80. The number of aryl methyl sites for hydroxylation is 1. The van der Waals surface area contributed by atoms with Gasteiger partial charge in [-0.2, -0.15) is 10.1 Å². The second kappa shape index (κ2) is 5.39. The molecule has 22 heavy (non-hydrogen) atoms. The van der Waals surface area contributed by atoms with Crippen molar-refractivity contribution in [3.63, 3.8) is 0 Å². The van der Waals surface area contributed by atoms with E-state index in [2.05, 4.69) is 40.7 Å². The zero-order valence-corrected chi connectivity index (χ0v) is 13.7. The quantitative estimate of drug-likeness (QED) is 0.933. The number of anilines is 1. The van der Waals surface area contributed by atoms with E-state index in [9.17, 15) is 0 Å². The van der Waals surface area contributed by atoms with E-state index < -0.39 is 0 Å². The van der Waals surface area contributed by atoms with Crippen molar-refractivity contribution >= 4 is 5.95 Å². The molecule has 1 saturated heterocycles. The lowest BCUT2D eigenvalue weighted by Crippen LogP contribution is -2.24. The summed E-state index contributed by atoms with van der Waals surface area (Å²) < 4.78 is 7.24. The summed E-state index contributed by atoms with van der Waals surface area (Å²) >= 11 is 0. The summed E-state index contributed by atoms with van der Waals surface area (Å²) in [6.45, 7) is 8.06. The summed E-state index contributed by atoms with van der Waals surface area (Å²) in [7, 11) is 1.82. The number of hydrogen-bond acceptors (Lipinski definition) is 6. The first-order valence-corrected chi connectivity index (χ1v) is 7.70. The molecular weight excluding hydrogens is 280 g/mol. The summed E-state index contributed by atoms with van der Waals surface area (Å²) in [6.07, 6.45) is 3.94. The van der Waals surface area contributed by atoms with Crippen LogP contribution in [0, 0.1) is 0 Å². The van der Waals surface area contributed by atoms with Crippen molar-refractivity contribution < 1.29 is 4.42 Å². The summed E-state index contributed by atoms with van der Waals surface area (Å²) in [5.41, 5.74) is 6.69. The molecule has 0 bridgehead atoms. The van der Waals surface area contributed by atoms with Gasteiger partial charge in [0.2, 0.25) is 5.95 Å². The van der Waals surface area contributed by atoms with Gasteiger partial charge in [0.05, 0.1) is 11.7 Å². The van der Waals surface area contributed by atoms with Crippen molar-refractivity contribution in [3.8, 4) is 0 Å². The maximum Gasteiger partial charge on any atom is 0.218 e. The molecule has 1 unspecified atom stereocenters. The fourth-order valence-electron chi connectivity index (χ4n) is 2.80. The van der Waals surface area contributed by atoms with E-state index in [0.717, 1.165) is 43.3 Å². The van der Waals surface area contributed by atoms with E-state index >= 15 is 0 Å². The molecule has 2 aromatic heterocycles. The van der Waals surface area contributed by atoms with E-state index in [4.69, 9.17) is 10.2 Å². The Hall–Kier alpha value is -1.89. The van der Waals surface area contributed by atoms with Crippen molar-refractivity contribution in [2.24, 2.45) is 7.05 Å². The first-order valence-electron chi connectivity index (χ1n) is 7.70. The molecule has 0 amide bonds. The number of nitrogens with zero attached hydrogens (tertiary/aromatic N) is 5. The van der Waals surface area contributed by atoms with Gasteiger partial charge in [-0.3, -0.25) is 4.90 Å². The molecule has 3 rings (SSSR count). The van der Waals surface area contributed by atoms with Crippen molar-refractivity contribution in [2.45, 2.75) is 51.6 Å². The number of aromatic nitrogens is 4. The highest BCUT2D eigenvalue weighted by Crippen LogP contribution is 2.32. The lowest BCUT2D eigenvalue weighted by atomic mass is 9.97. The monoisotopic (exact) mass is 304 g/mol. The number of nitrogens with two attached hydrogens (primary N) is 1. The maximum absolute atomic E-state index is 5.80. The van der Waals surface area contributed by atoms with Gasteiger partial charge < -0.3 is 10.2 Å². The first kappa shape index (κ1) is 15.0. The van der Waals surface area contributed by atoms with E-state index in [-0.39, 0.29) is 11.5 Å². The average Bonchev–Trinajstić information content (AvgIpc) is 3.11. The molecule has 0 saturated carbocycles. The third-order valence-electron chi connectivity index (χ3n) is 4.03. The van der Waals surface area contributed by atoms with Crippen molar-refractivity contribution in [3.05, 3.63) is 23.7 Å². The van der Waals surface area contributed by atoms with Gasteiger partial charge in [-0.25, -0.2) is 9.67 Å². The molecule has 1 aliphatic heterocycles. The van der Waals surface area contributed by atoms with Crippen LogP contribution in [-0.2, 0) is 19.0 Å². The molecule has 7 nitrogen and oxygen atoms in total. The van der Waals surface area contributed by atoms with Gasteiger partial charge in [-0.1, -0.05) is 20.8 Å². The predicted octanol–water partition coefficient (Wildman–Crippen LogP) is 2.02. The van der Waals surface area contributed by atoms with Gasteiger partial charge in [-0.15, -0.1) is 0 Å². The number of rotatable bonds is 3. The average molecular weight is 304 g/mol. The third kappa shape index (κ3) is 2.85. The van der Waals surface area contributed by atoms with Crippen LogP contribution in [-0.4, -0.2) is 31.2 Å². The van der Waals surface area contributed by atoms with E-state index in [1.54, 1.807) is 10.9 Å². The molecule has 2 N–H and O–H groups in total. The Balaban J connectivity index is 1.75. The predicted molar refractivity (Wildman–Crippen MR) is 83.0 cm³/mol. The van der Waals surface area contributed by atoms with Crippen LogP contribution < -0.4 is 5.73 Å². The Kier molecular flexibility index (Phi) is 3.68. The number of nitrogen functional groups attached to an aromatic ring is 1. The van der Waals surface area contributed by atoms with Crippen LogP contribution in [0.15, 0.2) is 10.7 Å². The highest BCUT2D eigenvalue weighted by atomic mass is 16.3. The minimum absolute atomic E-state index is 0.0698. The molecule has 0 aliphatic carbocycles. The zero-order valence-electron chi connectivity index (χ0n) is 13.7. The van der Waals surface area contributed by atoms with Crippen LogP contribution in [0.5, 0.6) is 0 Å². The number of hydrogen-bond donors (Lipinski definition) is 1. The minimum Gasteiger partial charge on any atom is -0.448 e. The van der Waals surface area contributed by atoms with Crippen LogP contribution in [0.4, 0.5) is 5.95 Å². The minimum atomic E-state index is -0.0698. The molecule has 2 aromatic rings. The van der Waals surface area contributed by atoms with Gasteiger partial charge in [0.25, 0.3) is 0 Å². The normalized spacial score (nSPS) is 19.9. The molecule has 0 aromatic carbocycles. The van der Waals surface area contributed by atoms with Crippen molar-refractivity contribution in [1.82, 2.24) is 24.6 Å². The third-order valence-corrected chi connectivity index (χ3v) is 4.03. The van der Waals surface area contributed by atoms with Crippen LogP contribution in [0.2, 0.25) is 0 Å². The van der Waals surface area contributed by atoms with Gasteiger partial charge >= 0.3 is 0 Å². The molecule has 1 atom stereocenters. The standard InChI is InChI=1S/C15H24N6O/c1-15(2,3)13-17-10(9-22-13)8-21-7-5-6-11(21)12-18-14(16)20(4)19-12/h9,11H,5-8H2,1-4H3,(H2,16,18,19).